The minimum absolute atomic E-state index is 0.212. The number of aromatic nitrogens is 2. The van der Waals surface area contributed by atoms with Crippen LogP contribution in [0.25, 0.3) is 11.4 Å². The summed E-state index contributed by atoms with van der Waals surface area (Å²) in [6.07, 6.45) is 1.33. The lowest BCUT2D eigenvalue weighted by Gasteiger charge is -2.31. The summed E-state index contributed by atoms with van der Waals surface area (Å²) in [6.45, 7) is 0.598. The van der Waals surface area contributed by atoms with Crippen molar-refractivity contribution in [3.05, 3.63) is 53.4 Å². The number of methoxy groups -OCH3 is 3. The quantitative estimate of drug-likeness (QED) is 0.549. The van der Waals surface area contributed by atoms with E-state index in [0.717, 1.165) is 12.1 Å². The van der Waals surface area contributed by atoms with Gasteiger partial charge in [0.15, 0.2) is 11.5 Å². The highest BCUT2D eigenvalue weighted by Gasteiger charge is 2.31. The van der Waals surface area contributed by atoms with Crippen LogP contribution in [0.3, 0.4) is 0 Å². The van der Waals surface area contributed by atoms with Crippen molar-refractivity contribution in [2.24, 2.45) is 0 Å². The molecule has 0 N–H and O–H groups in total. The summed E-state index contributed by atoms with van der Waals surface area (Å²) >= 11 is 0. The van der Waals surface area contributed by atoms with E-state index in [1.807, 2.05) is 0 Å². The number of benzene rings is 2. The number of likely N-dealkylation sites (tertiary alicyclic amines) is 1. The molecule has 1 amide bonds. The van der Waals surface area contributed by atoms with E-state index in [4.69, 9.17) is 18.7 Å². The summed E-state index contributed by atoms with van der Waals surface area (Å²) in [4.78, 5) is 18.7. The molecule has 1 atom stereocenters. The van der Waals surface area contributed by atoms with Crippen LogP contribution in [-0.2, 0) is 0 Å². The molecule has 3 aromatic rings. The van der Waals surface area contributed by atoms with Gasteiger partial charge in [0.25, 0.3) is 5.91 Å². The lowest BCUT2D eigenvalue weighted by atomic mass is 9.97. The average Bonchev–Trinajstić information content (AvgIpc) is 3.33. The van der Waals surface area contributed by atoms with Gasteiger partial charge in [0.1, 0.15) is 17.2 Å². The van der Waals surface area contributed by atoms with Gasteiger partial charge in [-0.3, -0.25) is 4.79 Å². The van der Waals surface area contributed by atoms with Gasteiger partial charge in [-0.25, -0.2) is 8.78 Å². The SMILES string of the molecule is COc1cc(-c2noc([C@H]3CCCN(C(=O)c4c(F)cccc4F)C3)n2)cc(OC)c1OC. The molecule has 0 saturated carbocycles. The van der Waals surface area contributed by atoms with Crippen LogP contribution in [0.4, 0.5) is 8.78 Å². The Morgan fingerprint density at radius 2 is 1.76 bits per heavy atom. The van der Waals surface area contributed by atoms with Gasteiger partial charge in [0.05, 0.1) is 27.2 Å². The molecular weight excluding hydrogens is 436 g/mol. The lowest BCUT2D eigenvalue weighted by Crippen LogP contribution is -2.40. The Labute approximate surface area is 189 Å². The molecule has 1 aromatic heterocycles. The van der Waals surface area contributed by atoms with Gasteiger partial charge in [-0.05, 0) is 37.1 Å². The van der Waals surface area contributed by atoms with Crippen LogP contribution in [0.5, 0.6) is 17.2 Å². The summed E-state index contributed by atoms with van der Waals surface area (Å²) in [7, 11) is 4.53. The van der Waals surface area contributed by atoms with Crippen molar-refractivity contribution in [2.75, 3.05) is 34.4 Å². The molecule has 0 aliphatic carbocycles. The van der Waals surface area contributed by atoms with Gasteiger partial charge in [-0.1, -0.05) is 11.2 Å². The molecule has 4 rings (SSSR count). The molecule has 1 saturated heterocycles. The minimum Gasteiger partial charge on any atom is -0.493 e. The van der Waals surface area contributed by atoms with Crippen LogP contribution in [0.1, 0.15) is 35.0 Å². The Bertz CT molecular complexity index is 1120. The number of carbonyl (C=O) groups excluding carboxylic acids is 1. The van der Waals surface area contributed by atoms with Crippen molar-refractivity contribution in [3.8, 4) is 28.6 Å². The van der Waals surface area contributed by atoms with Crippen molar-refractivity contribution in [2.45, 2.75) is 18.8 Å². The topological polar surface area (TPSA) is 86.9 Å². The van der Waals surface area contributed by atoms with E-state index >= 15 is 0 Å². The third-order valence-corrected chi connectivity index (χ3v) is 5.60. The van der Waals surface area contributed by atoms with Crippen LogP contribution < -0.4 is 14.2 Å². The third kappa shape index (κ3) is 4.33. The predicted molar refractivity (Wildman–Crippen MR) is 114 cm³/mol. The smallest absolute Gasteiger partial charge is 0.259 e. The second kappa shape index (κ2) is 9.43. The van der Waals surface area contributed by atoms with Gasteiger partial charge < -0.3 is 23.6 Å². The molecule has 10 heteroatoms. The molecule has 1 fully saturated rings. The Balaban J connectivity index is 1.57. The number of carbonyl (C=O) groups is 1. The van der Waals surface area contributed by atoms with Crippen molar-refractivity contribution in [1.29, 1.82) is 0 Å². The van der Waals surface area contributed by atoms with Crippen LogP contribution >= 0.6 is 0 Å². The number of ether oxygens (including phenoxy) is 3. The van der Waals surface area contributed by atoms with Crippen LogP contribution in [0.15, 0.2) is 34.9 Å². The first-order chi connectivity index (χ1) is 16.0. The zero-order valence-corrected chi connectivity index (χ0v) is 18.4. The fourth-order valence-corrected chi connectivity index (χ4v) is 3.95. The van der Waals surface area contributed by atoms with E-state index in [9.17, 15) is 13.6 Å². The molecular formula is C23H23F2N3O5. The maximum Gasteiger partial charge on any atom is 0.259 e. The molecule has 1 aliphatic rings. The summed E-state index contributed by atoms with van der Waals surface area (Å²) in [5, 5.41) is 4.06. The van der Waals surface area contributed by atoms with Crippen LogP contribution in [-0.4, -0.2) is 55.4 Å². The second-order valence-corrected chi connectivity index (χ2v) is 7.56. The van der Waals surface area contributed by atoms with E-state index < -0.39 is 23.1 Å². The first-order valence-electron chi connectivity index (χ1n) is 10.3. The number of amides is 1. The highest BCUT2D eigenvalue weighted by Crippen LogP contribution is 2.41. The molecule has 2 heterocycles. The fourth-order valence-electron chi connectivity index (χ4n) is 3.95. The van der Waals surface area contributed by atoms with Crippen molar-refractivity contribution in [3.63, 3.8) is 0 Å². The van der Waals surface area contributed by atoms with Gasteiger partial charge in [-0.2, -0.15) is 4.98 Å². The molecule has 174 valence electrons. The zero-order valence-electron chi connectivity index (χ0n) is 18.4. The predicted octanol–water partition coefficient (Wildman–Crippen LogP) is 4.06. The molecule has 0 radical (unpaired) electrons. The van der Waals surface area contributed by atoms with E-state index in [2.05, 4.69) is 10.1 Å². The minimum atomic E-state index is -0.885. The molecule has 0 spiro atoms. The normalized spacial score (nSPS) is 15.9. The second-order valence-electron chi connectivity index (χ2n) is 7.56. The van der Waals surface area contributed by atoms with Crippen LogP contribution in [0, 0.1) is 11.6 Å². The van der Waals surface area contributed by atoms with E-state index in [-0.39, 0.29) is 12.5 Å². The Hall–Kier alpha value is -3.69. The highest BCUT2D eigenvalue weighted by molar-refractivity contribution is 5.94. The maximum absolute atomic E-state index is 14.1. The standard InChI is InChI=1S/C23H23F2N3O5/c1-30-17-10-14(11-18(31-2)20(17)32-3)21-26-22(33-27-21)13-6-5-9-28(12-13)23(29)19-15(24)7-4-8-16(19)25/h4,7-8,10-11,13H,5-6,9,12H2,1-3H3/t13-/m0/s1. The van der Waals surface area contributed by atoms with Gasteiger partial charge >= 0.3 is 0 Å². The lowest BCUT2D eigenvalue weighted by molar-refractivity contribution is 0.0686. The van der Waals surface area contributed by atoms with Crippen molar-refractivity contribution >= 4 is 5.91 Å². The fraction of sp³-hybridized carbons (Fsp3) is 0.348. The summed E-state index contributed by atoms with van der Waals surface area (Å²) in [5.41, 5.74) is 0.0402. The maximum atomic E-state index is 14.1. The molecule has 33 heavy (non-hydrogen) atoms. The number of rotatable bonds is 6. The number of hydrogen-bond donors (Lipinski definition) is 0. The molecule has 2 aromatic carbocycles. The number of halogens is 2. The molecule has 1 aliphatic heterocycles. The monoisotopic (exact) mass is 459 g/mol. The number of nitrogens with zero attached hydrogens (tertiary/aromatic N) is 3. The van der Waals surface area contributed by atoms with E-state index in [0.29, 0.717) is 53.9 Å². The van der Waals surface area contributed by atoms with Gasteiger partial charge in [0.2, 0.25) is 17.5 Å². The van der Waals surface area contributed by atoms with E-state index in [1.54, 1.807) is 12.1 Å². The van der Waals surface area contributed by atoms with Gasteiger partial charge in [-0.15, -0.1) is 0 Å². The Morgan fingerprint density at radius 3 is 2.36 bits per heavy atom. The Kier molecular flexibility index (Phi) is 6.43. The summed E-state index contributed by atoms with van der Waals surface area (Å²) in [5.74, 6) is -0.749. The molecule has 8 nitrogen and oxygen atoms in total. The number of hydrogen-bond acceptors (Lipinski definition) is 7. The highest BCUT2D eigenvalue weighted by atomic mass is 19.1. The molecule has 0 unspecified atom stereocenters. The van der Waals surface area contributed by atoms with Crippen LogP contribution in [0.2, 0.25) is 0 Å². The summed E-state index contributed by atoms with van der Waals surface area (Å²) in [6, 6.07) is 6.77. The summed E-state index contributed by atoms with van der Waals surface area (Å²) < 4.78 is 49.7. The zero-order chi connectivity index (χ0) is 23.5. The number of piperidine rings is 1. The van der Waals surface area contributed by atoms with E-state index in [1.165, 1.54) is 32.3 Å². The first-order valence-corrected chi connectivity index (χ1v) is 10.3. The van der Waals surface area contributed by atoms with Crippen molar-refractivity contribution in [1.82, 2.24) is 15.0 Å². The molecule has 0 bridgehead atoms. The Morgan fingerprint density at radius 1 is 1.09 bits per heavy atom. The first kappa shape index (κ1) is 22.5. The third-order valence-electron chi connectivity index (χ3n) is 5.60. The van der Waals surface area contributed by atoms with Crippen molar-refractivity contribution < 1.29 is 32.3 Å². The average molecular weight is 459 g/mol. The largest absolute Gasteiger partial charge is 0.493 e. The van der Waals surface area contributed by atoms with Gasteiger partial charge in [0, 0.05) is 18.7 Å².